The molecule has 114 valence electrons. The molecular formula is C16H14N6S. The fourth-order valence-electron chi connectivity index (χ4n) is 2.27. The first-order valence-corrected chi connectivity index (χ1v) is 7.69. The highest BCUT2D eigenvalue weighted by Gasteiger charge is 2.14. The van der Waals surface area contributed by atoms with E-state index in [0.717, 1.165) is 26.6 Å². The van der Waals surface area contributed by atoms with E-state index in [1.807, 2.05) is 38.5 Å². The second-order valence-electron chi connectivity index (χ2n) is 4.85. The molecule has 23 heavy (non-hydrogen) atoms. The monoisotopic (exact) mass is 322 g/mol. The minimum Gasteiger partial charge on any atom is -0.275 e. The van der Waals surface area contributed by atoms with E-state index in [-0.39, 0.29) is 0 Å². The van der Waals surface area contributed by atoms with Crippen LogP contribution < -0.4 is 0 Å². The number of rotatable bonds is 4. The highest BCUT2D eigenvalue weighted by molar-refractivity contribution is 8.03. The first kappa shape index (κ1) is 15.1. The van der Waals surface area contributed by atoms with Gasteiger partial charge in [0.15, 0.2) is 0 Å². The number of hydrogen-bond acceptors (Lipinski definition) is 5. The van der Waals surface area contributed by atoms with Crippen molar-refractivity contribution in [2.75, 3.05) is 0 Å². The van der Waals surface area contributed by atoms with Gasteiger partial charge in [0, 0.05) is 35.5 Å². The van der Waals surface area contributed by atoms with Gasteiger partial charge in [0.25, 0.3) is 0 Å². The lowest BCUT2D eigenvalue weighted by Gasteiger charge is -2.07. The Kier molecular flexibility index (Phi) is 4.00. The molecule has 0 bridgehead atoms. The molecule has 0 fully saturated rings. The molecule has 0 spiro atoms. The van der Waals surface area contributed by atoms with E-state index < -0.39 is 0 Å². The van der Waals surface area contributed by atoms with Gasteiger partial charge in [-0.05, 0) is 19.7 Å². The number of hydrogen-bond donors (Lipinski definition) is 0. The van der Waals surface area contributed by atoms with E-state index in [0.29, 0.717) is 5.56 Å². The van der Waals surface area contributed by atoms with E-state index in [4.69, 9.17) is 0 Å². The molecule has 3 aromatic rings. The summed E-state index contributed by atoms with van der Waals surface area (Å²) in [6, 6.07) is 4.21. The summed E-state index contributed by atoms with van der Waals surface area (Å²) in [6.45, 7) is 5.49. The Morgan fingerprint density at radius 1 is 1.35 bits per heavy atom. The maximum atomic E-state index is 9.31. The molecule has 3 rings (SSSR count). The number of nitriles is 1. The standard InChI is InChI=1S/C16H14N6S/c1-4-15(18-2)23-14-5-11(13-8-19-21(3)9-13)10-22-16(14)12(6-17)7-20-22/h4-5,7-10H,2H2,1,3H3/b15-4+. The van der Waals surface area contributed by atoms with Gasteiger partial charge in [-0.15, -0.1) is 0 Å². The third kappa shape index (κ3) is 2.76. The molecule has 0 N–H and O–H groups in total. The van der Waals surface area contributed by atoms with Crippen LogP contribution in [0, 0.1) is 11.3 Å². The van der Waals surface area contributed by atoms with Crippen LogP contribution in [-0.2, 0) is 7.05 Å². The second-order valence-corrected chi connectivity index (χ2v) is 5.91. The highest BCUT2D eigenvalue weighted by Crippen LogP contribution is 2.35. The molecule has 7 heteroatoms. The SMILES string of the molecule is C=N/C(=C\C)Sc1cc(-c2cnn(C)c2)cn2ncc(C#N)c12. The van der Waals surface area contributed by atoms with Crippen LogP contribution in [0.2, 0.25) is 0 Å². The minimum absolute atomic E-state index is 0.532. The summed E-state index contributed by atoms with van der Waals surface area (Å²) in [7, 11) is 1.87. The average molecular weight is 322 g/mol. The summed E-state index contributed by atoms with van der Waals surface area (Å²) in [6.07, 6.45) is 9.09. The predicted molar refractivity (Wildman–Crippen MR) is 91.3 cm³/mol. The molecule has 0 unspecified atom stereocenters. The number of aryl methyl sites for hydroxylation is 1. The van der Waals surface area contributed by atoms with Gasteiger partial charge < -0.3 is 0 Å². The van der Waals surface area contributed by atoms with Crippen LogP contribution in [0.5, 0.6) is 0 Å². The van der Waals surface area contributed by atoms with Crippen LogP contribution in [0.25, 0.3) is 16.6 Å². The zero-order valence-corrected chi connectivity index (χ0v) is 13.6. The van der Waals surface area contributed by atoms with Crippen LogP contribution in [0.1, 0.15) is 12.5 Å². The molecule has 0 atom stereocenters. The largest absolute Gasteiger partial charge is 0.275 e. The smallest absolute Gasteiger partial charge is 0.103 e. The van der Waals surface area contributed by atoms with Crippen LogP contribution >= 0.6 is 11.8 Å². The van der Waals surface area contributed by atoms with Gasteiger partial charge >= 0.3 is 0 Å². The third-order valence-electron chi connectivity index (χ3n) is 3.35. The Labute approximate surface area is 137 Å². The predicted octanol–water partition coefficient (Wildman–Crippen LogP) is 3.26. The number of allylic oxidation sites excluding steroid dienone is 1. The molecule has 0 aliphatic heterocycles. The van der Waals surface area contributed by atoms with Crippen molar-refractivity contribution in [3.8, 4) is 17.2 Å². The summed E-state index contributed by atoms with van der Waals surface area (Å²) in [5.41, 5.74) is 3.26. The Balaban J connectivity index is 2.22. The maximum absolute atomic E-state index is 9.31. The van der Waals surface area contributed by atoms with Crippen molar-refractivity contribution in [2.45, 2.75) is 11.8 Å². The summed E-state index contributed by atoms with van der Waals surface area (Å²) >= 11 is 1.46. The molecule has 0 radical (unpaired) electrons. The van der Waals surface area contributed by atoms with Gasteiger partial charge in [0.05, 0.1) is 28.5 Å². The Morgan fingerprint density at radius 2 is 2.17 bits per heavy atom. The Hall–Kier alpha value is -2.85. The van der Waals surface area contributed by atoms with E-state index in [9.17, 15) is 5.26 Å². The van der Waals surface area contributed by atoms with Gasteiger partial charge in [-0.25, -0.2) is 4.52 Å². The summed E-state index contributed by atoms with van der Waals surface area (Å²) in [5.74, 6) is 0. The Bertz CT molecular complexity index is 957. The van der Waals surface area contributed by atoms with Crippen LogP contribution in [-0.4, -0.2) is 26.1 Å². The average Bonchev–Trinajstić information content (AvgIpc) is 3.18. The maximum Gasteiger partial charge on any atom is 0.103 e. The lowest BCUT2D eigenvalue weighted by atomic mass is 10.1. The van der Waals surface area contributed by atoms with Crippen molar-refractivity contribution in [2.24, 2.45) is 12.0 Å². The molecule has 0 amide bonds. The van der Waals surface area contributed by atoms with Crippen molar-refractivity contribution in [1.82, 2.24) is 19.4 Å². The molecule has 3 aromatic heterocycles. The summed E-state index contributed by atoms with van der Waals surface area (Å²) in [4.78, 5) is 4.90. The zero-order chi connectivity index (χ0) is 16.4. The first-order chi connectivity index (χ1) is 11.2. The van der Waals surface area contributed by atoms with Gasteiger partial charge in [0.1, 0.15) is 6.07 Å². The number of nitrogens with zero attached hydrogens (tertiary/aromatic N) is 6. The number of fused-ring (bicyclic) bond motifs is 1. The van der Waals surface area contributed by atoms with E-state index in [1.165, 1.54) is 11.8 Å². The van der Waals surface area contributed by atoms with Crippen molar-refractivity contribution >= 4 is 24.0 Å². The van der Waals surface area contributed by atoms with Crippen molar-refractivity contribution in [3.63, 3.8) is 0 Å². The number of thioether (sulfide) groups is 1. The second kappa shape index (κ2) is 6.10. The van der Waals surface area contributed by atoms with Crippen molar-refractivity contribution in [3.05, 3.63) is 47.5 Å². The fourth-order valence-corrected chi connectivity index (χ4v) is 3.16. The molecule has 3 heterocycles. The van der Waals surface area contributed by atoms with Gasteiger partial charge in [0.2, 0.25) is 0 Å². The summed E-state index contributed by atoms with van der Waals surface area (Å²) in [5, 5.41) is 18.6. The molecule has 0 aromatic carbocycles. The number of aliphatic imine (C=N–C) groups is 1. The topological polar surface area (TPSA) is 71.3 Å². The van der Waals surface area contributed by atoms with E-state index in [1.54, 1.807) is 21.6 Å². The molecule has 0 saturated heterocycles. The van der Waals surface area contributed by atoms with Crippen LogP contribution in [0.3, 0.4) is 0 Å². The van der Waals surface area contributed by atoms with Crippen LogP contribution in [0.4, 0.5) is 0 Å². The van der Waals surface area contributed by atoms with Crippen LogP contribution in [0.15, 0.2) is 51.8 Å². The quantitative estimate of drug-likeness (QED) is 0.546. The van der Waals surface area contributed by atoms with Gasteiger partial charge in [-0.3, -0.25) is 9.67 Å². The van der Waals surface area contributed by atoms with E-state index in [2.05, 4.69) is 28.0 Å². The molecule has 6 nitrogen and oxygen atoms in total. The molecule has 0 aliphatic carbocycles. The lowest BCUT2D eigenvalue weighted by Crippen LogP contribution is -1.92. The lowest BCUT2D eigenvalue weighted by molar-refractivity contribution is 0.768. The first-order valence-electron chi connectivity index (χ1n) is 6.87. The van der Waals surface area contributed by atoms with E-state index >= 15 is 0 Å². The van der Waals surface area contributed by atoms with Crippen molar-refractivity contribution < 1.29 is 0 Å². The highest BCUT2D eigenvalue weighted by atomic mass is 32.2. The molecule has 0 saturated carbocycles. The fraction of sp³-hybridized carbons (Fsp3) is 0.125. The van der Waals surface area contributed by atoms with Crippen molar-refractivity contribution in [1.29, 1.82) is 5.26 Å². The zero-order valence-electron chi connectivity index (χ0n) is 12.8. The number of aromatic nitrogens is 4. The number of pyridine rings is 1. The molecular weight excluding hydrogens is 308 g/mol. The summed E-state index contributed by atoms with van der Waals surface area (Å²) < 4.78 is 3.47. The Morgan fingerprint density at radius 3 is 2.78 bits per heavy atom. The normalized spacial score (nSPS) is 11.6. The minimum atomic E-state index is 0.532. The van der Waals surface area contributed by atoms with Gasteiger partial charge in [-0.1, -0.05) is 17.8 Å². The molecule has 0 aliphatic rings. The third-order valence-corrected chi connectivity index (χ3v) is 4.46. The van der Waals surface area contributed by atoms with Gasteiger partial charge in [-0.2, -0.15) is 15.5 Å².